The molecule has 0 radical (unpaired) electrons. The first kappa shape index (κ1) is 13.9. The third kappa shape index (κ3) is 3.73. The Bertz CT molecular complexity index is 453. The summed E-state index contributed by atoms with van der Waals surface area (Å²) in [6.45, 7) is 2.97. The van der Waals surface area contributed by atoms with Crippen molar-refractivity contribution < 1.29 is 4.79 Å². The molecule has 104 valence electrons. The lowest BCUT2D eigenvalue weighted by atomic mass is 10.1. The zero-order valence-electron chi connectivity index (χ0n) is 11.9. The zero-order chi connectivity index (χ0) is 13.8. The first-order chi connectivity index (χ1) is 9.06. The highest BCUT2D eigenvalue weighted by Crippen LogP contribution is 2.22. The lowest BCUT2D eigenvalue weighted by Gasteiger charge is -2.13. The van der Waals surface area contributed by atoms with Gasteiger partial charge in [0, 0.05) is 32.3 Å². The average Bonchev–Trinajstić information content (AvgIpc) is 2.89. The molecule has 1 saturated heterocycles. The van der Waals surface area contributed by atoms with Crippen molar-refractivity contribution >= 4 is 5.91 Å². The molecule has 1 fully saturated rings. The van der Waals surface area contributed by atoms with Crippen LogP contribution in [0.5, 0.6) is 0 Å². The minimum atomic E-state index is 0.136. The molecule has 1 amide bonds. The van der Waals surface area contributed by atoms with Crippen LogP contribution in [0.15, 0.2) is 6.07 Å². The third-order valence-electron chi connectivity index (χ3n) is 3.42. The van der Waals surface area contributed by atoms with Crippen LogP contribution in [0.1, 0.15) is 42.5 Å². The molecule has 1 aliphatic heterocycles. The van der Waals surface area contributed by atoms with Gasteiger partial charge < -0.3 is 10.2 Å². The van der Waals surface area contributed by atoms with E-state index < -0.39 is 0 Å². The van der Waals surface area contributed by atoms with Gasteiger partial charge in [-0.3, -0.25) is 4.79 Å². The number of nitrogens with zero attached hydrogens (tertiary/aromatic N) is 3. The molecule has 0 bridgehead atoms. The number of aryl methyl sites for hydroxylation is 2. The van der Waals surface area contributed by atoms with Crippen LogP contribution in [-0.4, -0.2) is 41.4 Å². The largest absolute Gasteiger partial charge is 0.349 e. The van der Waals surface area contributed by atoms with Crippen molar-refractivity contribution in [1.29, 1.82) is 0 Å². The molecule has 0 spiro atoms. The molecule has 1 aliphatic rings. The number of aromatic nitrogens is 2. The molecule has 0 aromatic carbocycles. The molecular weight excluding hydrogens is 240 g/mol. The Morgan fingerprint density at radius 3 is 2.89 bits per heavy atom. The van der Waals surface area contributed by atoms with E-state index >= 15 is 0 Å². The second kappa shape index (κ2) is 6.10. The Morgan fingerprint density at radius 1 is 1.47 bits per heavy atom. The van der Waals surface area contributed by atoms with Gasteiger partial charge in [0.05, 0.1) is 5.69 Å². The van der Waals surface area contributed by atoms with Gasteiger partial charge in [-0.15, -0.1) is 0 Å². The highest BCUT2D eigenvalue weighted by atomic mass is 16.2. The number of hydrogen-bond donors (Lipinski definition) is 1. The van der Waals surface area contributed by atoms with Crippen LogP contribution in [0.3, 0.4) is 0 Å². The number of amides is 1. The van der Waals surface area contributed by atoms with E-state index in [9.17, 15) is 4.79 Å². The summed E-state index contributed by atoms with van der Waals surface area (Å²) in [6.07, 6.45) is 3.51. The second-order valence-corrected chi connectivity index (χ2v) is 5.27. The molecule has 1 aromatic heterocycles. The molecule has 5 nitrogen and oxygen atoms in total. The third-order valence-corrected chi connectivity index (χ3v) is 3.42. The molecule has 0 aliphatic carbocycles. The summed E-state index contributed by atoms with van der Waals surface area (Å²) in [5, 5.41) is 3.44. The smallest absolute Gasteiger partial charge is 0.222 e. The summed E-state index contributed by atoms with van der Waals surface area (Å²) in [5.74, 6) is 0.926. The minimum Gasteiger partial charge on any atom is -0.349 e. The normalized spacial score (nSPS) is 18.6. The van der Waals surface area contributed by atoms with Gasteiger partial charge in [-0.1, -0.05) is 0 Å². The van der Waals surface area contributed by atoms with Gasteiger partial charge in [0.1, 0.15) is 5.82 Å². The van der Waals surface area contributed by atoms with Crippen LogP contribution in [-0.2, 0) is 11.2 Å². The van der Waals surface area contributed by atoms with Gasteiger partial charge in [-0.05, 0) is 38.8 Å². The van der Waals surface area contributed by atoms with Crippen molar-refractivity contribution in [2.45, 2.75) is 38.6 Å². The molecule has 5 heteroatoms. The molecule has 19 heavy (non-hydrogen) atoms. The van der Waals surface area contributed by atoms with E-state index in [1.165, 1.54) is 6.42 Å². The second-order valence-electron chi connectivity index (χ2n) is 5.27. The zero-order valence-corrected chi connectivity index (χ0v) is 11.9. The number of hydrogen-bond acceptors (Lipinski definition) is 4. The fraction of sp³-hybridized carbons (Fsp3) is 0.643. The number of rotatable bonds is 4. The molecule has 1 atom stereocenters. The Morgan fingerprint density at radius 2 is 2.26 bits per heavy atom. The van der Waals surface area contributed by atoms with Crippen molar-refractivity contribution in [3.05, 3.63) is 23.3 Å². The Hall–Kier alpha value is -1.49. The molecular formula is C14H22N4O. The Balaban J connectivity index is 2.06. The Labute approximate surface area is 114 Å². The van der Waals surface area contributed by atoms with Crippen LogP contribution in [0.4, 0.5) is 0 Å². The van der Waals surface area contributed by atoms with Crippen molar-refractivity contribution in [2.75, 3.05) is 20.6 Å². The lowest BCUT2D eigenvalue weighted by Crippen LogP contribution is -2.22. The fourth-order valence-electron chi connectivity index (χ4n) is 2.36. The van der Waals surface area contributed by atoms with Gasteiger partial charge in [0.25, 0.3) is 0 Å². The SMILES string of the molecule is Cc1nc(CCC(=O)N(C)C)cc([C@@H]2CCCN2)n1. The van der Waals surface area contributed by atoms with Crippen molar-refractivity contribution in [1.82, 2.24) is 20.2 Å². The summed E-state index contributed by atoms with van der Waals surface area (Å²) in [6, 6.07) is 2.39. The van der Waals surface area contributed by atoms with Gasteiger partial charge in [0.15, 0.2) is 0 Å². The van der Waals surface area contributed by atoms with Gasteiger partial charge in [0.2, 0.25) is 5.91 Å². The Kier molecular flexibility index (Phi) is 4.47. The van der Waals surface area contributed by atoms with Crippen molar-refractivity contribution in [2.24, 2.45) is 0 Å². The van der Waals surface area contributed by atoms with Gasteiger partial charge in [-0.25, -0.2) is 9.97 Å². The van der Waals surface area contributed by atoms with E-state index in [1.54, 1.807) is 19.0 Å². The first-order valence-corrected chi connectivity index (χ1v) is 6.84. The lowest BCUT2D eigenvalue weighted by molar-refractivity contribution is -0.128. The standard InChI is InChI=1S/C14H22N4O/c1-10-16-11(6-7-14(19)18(2)3)9-13(17-10)12-5-4-8-15-12/h9,12,15H,4-8H2,1-3H3/t12-/m0/s1. The van der Waals surface area contributed by atoms with Gasteiger partial charge in [-0.2, -0.15) is 0 Å². The fourth-order valence-corrected chi connectivity index (χ4v) is 2.36. The van der Waals surface area contributed by atoms with Crippen LogP contribution >= 0.6 is 0 Å². The van der Waals surface area contributed by atoms with Gasteiger partial charge >= 0.3 is 0 Å². The topological polar surface area (TPSA) is 58.1 Å². The molecule has 2 rings (SSSR count). The van der Waals surface area contributed by atoms with E-state index in [0.29, 0.717) is 18.9 Å². The van der Waals surface area contributed by atoms with E-state index in [0.717, 1.165) is 30.2 Å². The summed E-state index contributed by atoms with van der Waals surface area (Å²) >= 11 is 0. The number of carbonyl (C=O) groups excluding carboxylic acids is 1. The monoisotopic (exact) mass is 262 g/mol. The van der Waals surface area contributed by atoms with E-state index in [1.807, 2.05) is 13.0 Å². The predicted octanol–water partition coefficient (Wildman–Crippen LogP) is 1.23. The van der Waals surface area contributed by atoms with E-state index in [2.05, 4.69) is 15.3 Å². The summed E-state index contributed by atoms with van der Waals surface area (Å²) in [4.78, 5) is 22.2. The molecule has 0 saturated carbocycles. The molecule has 0 unspecified atom stereocenters. The summed E-state index contributed by atoms with van der Waals surface area (Å²) in [5.41, 5.74) is 2.03. The average molecular weight is 262 g/mol. The summed E-state index contributed by atoms with van der Waals surface area (Å²) in [7, 11) is 3.56. The van der Waals surface area contributed by atoms with Crippen LogP contribution in [0.2, 0.25) is 0 Å². The van der Waals surface area contributed by atoms with Crippen LogP contribution < -0.4 is 5.32 Å². The van der Waals surface area contributed by atoms with Crippen molar-refractivity contribution in [3.8, 4) is 0 Å². The minimum absolute atomic E-state index is 0.136. The molecule has 1 N–H and O–H groups in total. The molecule has 2 heterocycles. The quantitative estimate of drug-likeness (QED) is 0.886. The number of nitrogens with one attached hydrogen (secondary N) is 1. The van der Waals surface area contributed by atoms with Crippen molar-refractivity contribution in [3.63, 3.8) is 0 Å². The maximum absolute atomic E-state index is 11.6. The number of carbonyl (C=O) groups is 1. The highest BCUT2D eigenvalue weighted by Gasteiger charge is 2.18. The van der Waals surface area contributed by atoms with Crippen LogP contribution in [0, 0.1) is 6.92 Å². The maximum atomic E-state index is 11.6. The summed E-state index contributed by atoms with van der Waals surface area (Å²) < 4.78 is 0. The maximum Gasteiger partial charge on any atom is 0.222 e. The molecule has 1 aromatic rings. The highest BCUT2D eigenvalue weighted by molar-refractivity contribution is 5.75. The van der Waals surface area contributed by atoms with Crippen LogP contribution in [0.25, 0.3) is 0 Å². The first-order valence-electron chi connectivity index (χ1n) is 6.84. The predicted molar refractivity (Wildman–Crippen MR) is 73.8 cm³/mol. The van der Waals surface area contributed by atoms with E-state index in [4.69, 9.17) is 0 Å². The van der Waals surface area contributed by atoms with E-state index in [-0.39, 0.29) is 5.91 Å².